The van der Waals surface area contributed by atoms with E-state index < -0.39 is 0 Å². The van der Waals surface area contributed by atoms with E-state index in [-0.39, 0.29) is 12.5 Å². The van der Waals surface area contributed by atoms with E-state index in [1.165, 1.54) is 0 Å². The van der Waals surface area contributed by atoms with Crippen LogP contribution in [0.15, 0.2) is 24.3 Å². The van der Waals surface area contributed by atoms with Crippen LogP contribution in [0.5, 0.6) is 0 Å². The highest BCUT2D eigenvalue weighted by Gasteiger charge is 2.00. The van der Waals surface area contributed by atoms with Gasteiger partial charge in [-0.05, 0) is 18.2 Å². The zero-order chi connectivity index (χ0) is 11.8. The van der Waals surface area contributed by atoms with Gasteiger partial charge in [-0.15, -0.1) is 0 Å². The highest BCUT2D eigenvalue weighted by molar-refractivity contribution is 6.30. The number of carbonyl (C=O) groups is 1. The van der Waals surface area contributed by atoms with Crippen molar-refractivity contribution in [2.45, 2.75) is 6.42 Å². The fraction of sp³-hybridized carbons (Fsp3) is 0.273. The van der Waals surface area contributed by atoms with E-state index in [1.54, 1.807) is 18.2 Å². The third-order valence-corrected chi connectivity index (χ3v) is 2.07. The summed E-state index contributed by atoms with van der Waals surface area (Å²) in [5.74, 6) is -0.143. The Morgan fingerprint density at radius 3 is 3.00 bits per heavy atom. The maximum Gasteiger partial charge on any atom is 0.239 e. The number of benzene rings is 1. The molecule has 0 saturated heterocycles. The van der Waals surface area contributed by atoms with Gasteiger partial charge in [-0.2, -0.15) is 5.26 Å². The molecule has 0 atom stereocenters. The summed E-state index contributed by atoms with van der Waals surface area (Å²) < 4.78 is 0. The summed E-state index contributed by atoms with van der Waals surface area (Å²) in [6.07, 6.45) is 0.322. The summed E-state index contributed by atoms with van der Waals surface area (Å²) in [5, 5.41) is 14.5. The van der Waals surface area contributed by atoms with Crippen LogP contribution < -0.4 is 10.6 Å². The van der Waals surface area contributed by atoms with Crippen molar-refractivity contribution in [3.05, 3.63) is 29.3 Å². The molecule has 0 radical (unpaired) electrons. The molecule has 16 heavy (non-hydrogen) atoms. The molecule has 0 saturated carbocycles. The minimum atomic E-state index is -0.143. The van der Waals surface area contributed by atoms with Gasteiger partial charge in [-0.3, -0.25) is 4.79 Å². The summed E-state index contributed by atoms with van der Waals surface area (Å²) in [7, 11) is 0. The molecular formula is C11H12ClN3O. The molecule has 0 fully saturated rings. The van der Waals surface area contributed by atoms with E-state index in [0.717, 1.165) is 5.69 Å². The van der Waals surface area contributed by atoms with E-state index in [4.69, 9.17) is 16.9 Å². The second-order valence-corrected chi connectivity index (χ2v) is 3.56. The largest absolute Gasteiger partial charge is 0.376 e. The molecule has 0 heterocycles. The maximum absolute atomic E-state index is 11.3. The van der Waals surface area contributed by atoms with E-state index in [1.807, 2.05) is 12.1 Å². The molecule has 2 N–H and O–H groups in total. The monoisotopic (exact) mass is 237 g/mol. The van der Waals surface area contributed by atoms with Crippen LogP contribution in [0.2, 0.25) is 5.02 Å². The van der Waals surface area contributed by atoms with Crippen molar-refractivity contribution >= 4 is 23.2 Å². The molecule has 0 aliphatic rings. The molecule has 4 nitrogen and oxygen atoms in total. The third-order valence-electron chi connectivity index (χ3n) is 1.84. The first kappa shape index (κ1) is 12.3. The Kier molecular flexibility index (Phi) is 5.17. The topological polar surface area (TPSA) is 64.9 Å². The number of hydrogen-bond donors (Lipinski definition) is 2. The molecule has 1 amide bonds. The number of amides is 1. The van der Waals surface area contributed by atoms with E-state index in [9.17, 15) is 4.79 Å². The van der Waals surface area contributed by atoms with Gasteiger partial charge in [-0.25, -0.2) is 0 Å². The molecule has 0 aromatic heterocycles. The van der Waals surface area contributed by atoms with Crippen LogP contribution in [0.1, 0.15) is 6.42 Å². The van der Waals surface area contributed by atoms with Crippen molar-refractivity contribution in [3.63, 3.8) is 0 Å². The summed E-state index contributed by atoms with van der Waals surface area (Å²) >= 11 is 5.79. The summed E-state index contributed by atoms with van der Waals surface area (Å²) in [6, 6.07) is 9.09. The molecule has 0 bridgehead atoms. The number of nitrogens with zero attached hydrogens (tertiary/aromatic N) is 1. The van der Waals surface area contributed by atoms with Gasteiger partial charge in [0.1, 0.15) is 0 Å². The van der Waals surface area contributed by atoms with Crippen LogP contribution in [-0.2, 0) is 4.79 Å². The van der Waals surface area contributed by atoms with Crippen LogP contribution >= 0.6 is 11.6 Å². The smallest absolute Gasteiger partial charge is 0.239 e. The third kappa shape index (κ3) is 4.67. The van der Waals surface area contributed by atoms with Crippen LogP contribution in [0.3, 0.4) is 0 Å². The molecule has 0 aliphatic carbocycles. The first-order chi connectivity index (χ1) is 7.72. The summed E-state index contributed by atoms with van der Waals surface area (Å²) in [5.41, 5.74) is 0.794. The van der Waals surface area contributed by atoms with Crippen molar-refractivity contribution in [2.24, 2.45) is 0 Å². The minimum absolute atomic E-state index is 0.143. The van der Waals surface area contributed by atoms with Crippen molar-refractivity contribution < 1.29 is 4.79 Å². The number of nitrogens with one attached hydrogen (secondary N) is 2. The average Bonchev–Trinajstić information content (AvgIpc) is 2.27. The zero-order valence-corrected chi connectivity index (χ0v) is 9.42. The Morgan fingerprint density at radius 2 is 2.31 bits per heavy atom. The molecular weight excluding hydrogens is 226 g/mol. The molecule has 1 aromatic carbocycles. The number of carbonyl (C=O) groups excluding carboxylic acids is 1. The van der Waals surface area contributed by atoms with Crippen molar-refractivity contribution in [1.29, 1.82) is 5.26 Å². The van der Waals surface area contributed by atoms with E-state index in [2.05, 4.69) is 10.6 Å². The number of anilines is 1. The van der Waals surface area contributed by atoms with Gasteiger partial charge in [0.2, 0.25) is 5.91 Å². The standard InChI is InChI=1S/C11H12ClN3O/c12-9-3-1-4-10(7-9)15-8-11(16)14-6-2-5-13/h1,3-4,7,15H,2,6,8H2,(H,14,16). The Balaban J connectivity index is 2.29. The first-order valence-electron chi connectivity index (χ1n) is 4.85. The molecule has 0 aliphatic heterocycles. The van der Waals surface area contributed by atoms with Crippen LogP contribution in [0, 0.1) is 11.3 Å². The Morgan fingerprint density at radius 1 is 1.50 bits per heavy atom. The maximum atomic E-state index is 11.3. The molecule has 0 spiro atoms. The van der Waals surface area contributed by atoms with Gasteiger partial charge in [0, 0.05) is 17.3 Å². The van der Waals surface area contributed by atoms with Gasteiger partial charge >= 0.3 is 0 Å². The van der Waals surface area contributed by atoms with Crippen molar-refractivity contribution in [3.8, 4) is 6.07 Å². The number of hydrogen-bond acceptors (Lipinski definition) is 3. The van der Waals surface area contributed by atoms with E-state index in [0.29, 0.717) is 18.0 Å². The molecule has 84 valence electrons. The Bertz CT molecular complexity index is 400. The quantitative estimate of drug-likeness (QED) is 0.768. The minimum Gasteiger partial charge on any atom is -0.376 e. The SMILES string of the molecule is N#CCCNC(=O)CNc1cccc(Cl)c1. The van der Waals surface area contributed by atoms with E-state index >= 15 is 0 Å². The van der Waals surface area contributed by atoms with Crippen molar-refractivity contribution in [1.82, 2.24) is 5.32 Å². The van der Waals surface area contributed by atoms with Gasteiger partial charge in [0.15, 0.2) is 0 Å². The molecule has 1 rings (SSSR count). The number of halogens is 1. The van der Waals surface area contributed by atoms with Gasteiger partial charge in [0.05, 0.1) is 19.0 Å². The highest BCUT2D eigenvalue weighted by atomic mass is 35.5. The van der Waals surface area contributed by atoms with Gasteiger partial charge < -0.3 is 10.6 Å². The fourth-order valence-corrected chi connectivity index (χ4v) is 1.29. The van der Waals surface area contributed by atoms with Crippen molar-refractivity contribution in [2.75, 3.05) is 18.4 Å². The Hall–Kier alpha value is -1.73. The number of nitriles is 1. The Labute approximate surface area is 99.2 Å². The lowest BCUT2D eigenvalue weighted by Crippen LogP contribution is -2.30. The fourth-order valence-electron chi connectivity index (χ4n) is 1.10. The van der Waals surface area contributed by atoms with Crippen LogP contribution in [0.25, 0.3) is 0 Å². The average molecular weight is 238 g/mol. The lowest BCUT2D eigenvalue weighted by Gasteiger charge is -2.06. The molecule has 5 heteroatoms. The summed E-state index contributed by atoms with van der Waals surface area (Å²) in [4.78, 5) is 11.3. The zero-order valence-electron chi connectivity index (χ0n) is 8.66. The second kappa shape index (κ2) is 6.70. The number of rotatable bonds is 5. The lowest BCUT2D eigenvalue weighted by atomic mass is 10.3. The first-order valence-corrected chi connectivity index (χ1v) is 5.23. The highest BCUT2D eigenvalue weighted by Crippen LogP contribution is 2.14. The van der Waals surface area contributed by atoms with Crippen LogP contribution in [0.4, 0.5) is 5.69 Å². The predicted molar refractivity (Wildman–Crippen MR) is 63.2 cm³/mol. The molecule has 0 unspecified atom stereocenters. The molecule has 1 aromatic rings. The van der Waals surface area contributed by atoms with Gasteiger partial charge in [-0.1, -0.05) is 17.7 Å². The van der Waals surface area contributed by atoms with Gasteiger partial charge in [0.25, 0.3) is 0 Å². The second-order valence-electron chi connectivity index (χ2n) is 3.12. The lowest BCUT2D eigenvalue weighted by molar-refractivity contribution is -0.119. The predicted octanol–water partition coefficient (Wildman–Crippen LogP) is 1.78. The summed E-state index contributed by atoms with van der Waals surface area (Å²) in [6.45, 7) is 0.554. The normalized spacial score (nSPS) is 9.25. The van der Waals surface area contributed by atoms with Crippen LogP contribution in [-0.4, -0.2) is 19.0 Å².